The molecule has 2 aromatic rings. The van der Waals surface area contributed by atoms with Gasteiger partial charge in [-0.05, 0) is 36.8 Å². The minimum Gasteiger partial charge on any atom is -0.354 e. The number of nitrogens with zero attached hydrogens (tertiary/aromatic N) is 5. The molecule has 3 heterocycles. The van der Waals surface area contributed by atoms with Gasteiger partial charge in [0.05, 0.1) is 23.7 Å². The van der Waals surface area contributed by atoms with Crippen LogP contribution in [0.3, 0.4) is 0 Å². The zero-order valence-corrected chi connectivity index (χ0v) is 19.4. The molecular formula is C20H23ClN6O4S. The number of pyridine rings is 1. The van der Waals surface area contributed by atoms with Crippen molar-refractivity contribution >= 4 is 33.4 Å². The first-order chi connectivity index (χ1) is 15.0. The van der Waals surface area contributed by atoms with Gasteiger partial charge in [-0.15, -0.1) is 0 Å². The Morgan fingerprint density at radius 1 is 1.22 bits per heavy atom. The van der Waals surface area contributed by atoms with Crippen LogP contribution in [-0.2, 0) is 14.8 Å². The SMILES string of the molecule is C=CC(=O)N1C[C@@H](c2cc(Cl)nc(-c3cc(C(=O)NC)ncn3)c2)N(S(C)(=O)=O)C[C@@H]1C. The maximum Gasteiger partial charge on any atom is 0.269 e. The second-order valence-electron chi connectivity index (χ2n) is 7.37. The lowest BCUT2D eigenvalue weighted by molar-refractivity contribution is -0.130. The lowest BCUT2D eigenvalue weighted by Gasteiger charge is -2.44. The molecule has 1 aliphatic heterocycles. The van der Waals surface area contributed by atoms with E-state index in [4.69, 9.17) is 11.6 Å². The van der Waals surface area contributed by atoms with E-state index < -0.39 is 16.1 Å². The highest BCUT2D eigenvalue weighted by molar-refractivity contribution is 7.88. The number of aromatic nitrogens is 3. The van der Waals surface area contributed by atoms with Crippen molar-refractivity contribution in [2.75, 3.05) is 26.4 Å². The van der Waals surface area contributed by atoms with Crippen molar-refractivity contribution in [1.29, 1.82) is 0 Å². The number of hydrogen-bond donors (Lipinski definition) is 1. The summed E-state index contributed by atoms with van der Waals surface area (Å²) < 4.78 is 26.4. The normalized spacial score (nSPS) is 19.4. The van der Waals surface area contributed by atoms with E-state index in [-0.39, 0.29) is 41.8 Å². The molecule has 0 radical (unpaired) electrons. The smallest absolute Gasteiger partial charge is 0.269 e. The molecule has 1 saturated heterocycles. The van der Waals surface area contributed by atoms with E-state index in [0.717, 1.165) is 6.26 Å². The third-order valence-corrected chi connectivity index (χ3v) is 6.62. The number of nitrogens with one attached hydrogen (secondary N) is 1. The van der Waals surface area contributed by atoms with Crippen molar-refractivity contribution in [3.8, 4) is 11.4 Å². The molecule has 1 N–H and O–H groups in total. The first-order valence-electron chi connectivity index (χ1n) is 9.67. The highest BCUT2D eigenvalue weighted by Crippen LogP contribution is 2.33. The highest BCUT2D eigenvalue weighted by Gasteiger charge is 2.39. The first kappa shape index (κ1) is 23.8. The molecule has 2 atom stereocenters. The number of carbonyl (C=O) groups excluding carboxylic acids is 2. The fourth-order valence-corrected chi connectivity index (χ4v) is 4.95. The average molecular weight is 479 g/mol. The van der Waals surface area contributed by atoms with Gasteiger partial charge in [0.15, 0.2) is 0 Å². The molecule has 2 aromatic heterocycles. The fourth-order valence-electron chi connectivity index (χ4n) is 3.60. The van der Waals surface area contributed by atoms with Gasteiger partial charge in [-0.3, -0.25) is 9.59 Å². The van der Waals surface area contributed by atoms with Gasteiger partial charge in [-0.1, -0.05) is 18.2 Å². The maximum absolute atomic E-state index is 12.5. The minimum absolute atomic E-state index is 0.117. The van der Waals surface area contributed by atoms with Crippen molar-refractivity contribution < 1.29 is 18.0 Å². The number of piperazine rings is 1. The second-order valence-corrected chi connectivity index (χ2v) is 9.69. The van der Waals surface area contributed by atoms with Crippen molar-refractivity contribution in [3.63, 3.8) is 0 Å². The van der Waals surface area contributed by atoms with Crippen LogP contribution < -0.4 is 5.32 Å². The summed E-state index contributed by atoms with van der Waals surface area (Å²) in [5.74, 6) is -0.680. The van der Waals surface area contributed by atoms with E-state index in [9.17, 15) is 18.0 Å². The van der Waals surface area contributed by atoms with Crippen molar-refractivity contribution in [2.45, 2.75) is 19.0 Å². The van der Waals surface area contributed by atoms with E-state index in [1.54, 1.807) is 24.0 Å². The first-order valence-corrected chi connectivity index (χ1v) is 11.9. The molecule has 12 heteroatoms. The Bertz CT molecular complexity index is 1170. The lowest BCUT2D eigenvalue weighted by atomic mass is 10.0. The van der Waals surface area contributed by atoms with Crippen LogP contribution in [0.4, 0.5) is 0 Å². The quantitative estimate of drug-likeness (QED) is 0.506. The number of hydrogen-bond acceptors (Lipinski definition) is 7. The molecule has 2 amide bonds. The molecule has 170 valence electrons. The second kappa shape index (κ2) is 9.31. The molecule has 1 aliphatic rings. The Morgan fingerprint density at radius 3 is 2.56 bits per heavy atom. The van der Waals surface area contributed by atoms with E-state index in [1.807, 2.05) is 0 Å². The monoisotopic (exact) mass is 478 g/mol. The van der Waals surface area contributed by atoms with Crippen LogP contribution in [0, 0.1) is 0 Å². The van der Waals surface area contributed by atoms with Crippen LogP contribution in [0.2, 0.25) is 5.15 Å². The van der Waals surface area contributed by atoms with Gasteiger partial charge in [0.25, 0.3) is 5.91 Å². The number of halogens is 1. The molecule has 0 bridgehead atoms. The Labute approximate surface area is 191 Å². The van der Waals surface area contributed by atoms with Crippen LogP contribution in [-0.4, -0.2) is 76.8 Å². The van der Waals surface area contributed by atoms with Gasteiger partial charge in [-0.2, -0.15) is 4.31 Å². The Kier molecular flexibility index (Phi) is 6.91. The van der Waals surface area contributed by atoms with Gasteiger partial charge < -0.3 is 10.2 Å². The standard InChI is InChI=1S/C20H23ClN6O4S/c1-5-19(28)26-10-17(27(9-12(26)2)32(4,30)31)13-6-15(25-18(21)7-13)14-8-16(20(29)22-3)24-11-23-14/h5-8,11-12,17H,1,9-10H2,2-4H3,(H,22,29)/t12-,17-/m0/s1. The highest BCUT2D eigenvalue weighted by atomic mass is 35.5. The fraction of sp³-hybridized carbons (Fsp3) is 0.350. The topological polar surface area (TPSA) is 125 Å². The third kappa shape index (κ3) is 4.95. The predicted molar refractivity (Wildman–Crippen MR) is 119 cm³/mol. The van der Waals surface area contributed by atoms with Crippen LogP contribution in [0.25, 0.3) is 11.4 Å². The van der Waals surface area contributed by atoms with Crippen molar-refractivity contribution in [2.24, 2.45) is 0 Å². The van der Waals surface area contributed by atoms with E-state index >= 15 is 0 Å². The van der Waals surface area contributed by atoms with Crippen molar-refractivity contribution in [1.82, 2.24) is 29.5 Å². The molecule has 10 nitrogen and oxygen atoms in total. The summed E-state index contributed by atoms with van der Waals surface area (Å²) in [4.78, 5) is 38.2. The van der Waals surface area contributed by atoms with Gasteiger partial charge in [-0.25, -0.2) is 23.4 Å². The van der Waals surface area contributed by atoms with Gasteiger partial charge in [0, 0.05) is 26.2 Å². The van der Waals surface area contributed by atoms with Crippen molar-refractivity contribution in [3.05, 3.63) is 53.6 Å². The predicted octanol–water partition coefficient (Wildman–Crippen LogP) is 1.27. The van der Waals surface area contributed by atoms with Gasteiger partial charge in [0.2, 0.25) is 15.9 Å². The lowest BCUT2D eigenvalue weighted by Crippen LogP contribution is -2.56. The molecule has 3 rings (SSSR count). The summed E-state index contributed by atoms with van der Waals surface area (Å²) in [7, 11) is -2.11. The molecule has 0 aliphatic carbocycles. The number of sulfonamides is 1. The molecule has 0 aromatic carbocycles. The molecular weight excluding hydrogens is 456 g/mol. The number of amides is 2. The maximum atomic E-state index is 12.5. The molecule has 0 unspecified atom stereocenters. The molecule has 0 saturated carbocycles. The van der Waals surface area contributed by atoms with E-state index in [2.05, 4.69) is 26.8 Å². The molecule has 1 fully saturated rings. The summed E-state index contributed by atoms with van der Waals surface area (Å²) in [6.45, 7) is 5.55. The Morgan fingerprint density at radius 2 is 1.94 bits per heavy atom. The van der Waals surface area contributed by atoms with Gasteiger partial charge >= 0.3 is 0 Å². The number of rotatable bonds is 5. The van der Waals surface area contributed by atoms with E-state index in [1.165, 1.54) is 29.8 Å². The summed E-state index contributed by atoms with van der Waals surface area (Å²) in [6.07, 6.45) is 3.56. The van der Waals surface area contributed by atoms with Gasteiger partial charge in [0.1, 0.15) is 17.2 Å². The molecule has 32 heavy (non-hydrogen) atoms. The number of carbonyl (C=O) groups is 2. The third-order valence-electron chi connectivity index (χ3n) is 5.17. The van der Waals surface area contributed by atoms with Crippen LogP contribution >= 0.6 is 11.6 Å². The van der Waals surface area contributed by atoms with Crippen LogP contribution in [0.1, 0.15) is 29.0 Å². The summed E-state index contributed by atoms with van der Waals surface area (Å²) in [5.41, 5.74) is 1.37. The van der Waals surface area contributed by atoms with E-state index in [0.29, 0.717) is 17.0 Å². The summed E-state index contributed by atoms with van der Waals surface area (Å²) in [6, 6.07) is 3.65. The Balaban J connectivity index is 2.09. The minimum atomic E-state index is -3.60. The van der Waals surface area contributed by atoms with Crippen LogP contribution in [0.5, 0.6) is 0 Å². The largest absolute Gasteiger partial charge is 0.354 e. The Hall–Kier alpha value is -2.89. The summed E-state index contributed by atoms with van der Waals surface area (Å²) >= 11 is 6.27. The summed E-state index contributed by atoms with van der Waals surface area (Å²) in [5, 5.41) is 2.60. The zero-order chi connectivity index (χ0) is 23.6. The molecule has 0 spiro atoms. The average Bonchev–Trinajstić information content (AvgIpc) is 2.76. The van der Waals surface area contributed by atoms with Crippen LogP contribution in [0.15, 0.2) is 37.2 Å². The zero-order valence-electron chi connectivity index (χ0n) is 17.8.